The van der Waals surface area contributed by atoms with E-state index >= 15 is 0 Å². The summed E-state index contributed by atoms with van der Waals surface area (Å²) >= 11 is 0. The molecule has 0 fully saturated rings. The van der Waals surface area contributed by atoms with Crippen molar-refractivity contribution in [2.75, 3.05) is 0 Å². The van der Waals surface area contributed by atoms with Gasteiger partial charge in [0.15, 0.2) is 0 Å². The predicted octanol–water partition coefficient (Wildman–Crippen LogP) is 3.35. The van der Waals surface area contributed by atoms with Crippen molar-refractivity contribution >= 4 is 22.8 Å². The third kappa shape index (κ3) is 2.45. The Bertz CT molecular complexity index is 870. The van der Waals surface area contributed by atoms with Crippen LogP contribution >= 0.6 is 0 Å². The van der Waals surface area contributed by atoms with Crippen LogP contribution in [0.15, 0.2) is 60.6 Å². The van der Waals surface area contributed by atoms with Crippen LogP contribution in [0.1, 0.15) is 15.9 Å². The minimum atomic E-state index is -0.285. The van der Waals surface area contributed by atoms with Crippen molar-refractivity contribution in [3.05, 3.63) is 71.7 Å². The van der Waals surface area contributed by atoms with Gasteiger partial charge < -0.3 is 4.98 Å². The molecule has 0 bridgehead atoms. The zero-order valence-corrected chi connectivity index (χ0v) is 11.1. The summed E-state index contributed by atoms with van der Waals surface area (Å²) in [6, 6.07) is 13.0. The number of fused-ring (bicyclic) bond motifs is 1. The number of pyridine rings is 1. The maximum atomic E-state index is 12.5. The van der Waals surface area contributed by atoms with E-state index in [1.807, 2.05) is 30.3 Å². The fraction of sp³-hybridized carbons (Fsp3) is 0. The van der Waals surface area contributed by atoms with Crippen molar-refractivity contribution in [1.29, 1.82) is 5.26 Å². The summed E-state index contributed by atoms with van der Waals surface area (Å²) in [7, 11) is 0. The molecule has 2 heterocycles. The first-order valence-corrected chi connectivity index (χ1v) is 6.42. The van der Waals surface area contributed by atoms with E-state index in [0.29, 0.717) is 5.56 Å². The average Bonchev–Trinajstić information content (AvgIpc) is 2.97. The quantitative estimate of drug-likeness (QED) is 0.452. The number of allylic oxidation sites excluding steroid dienone is 1. The van der Waals surface area contributed by atoms with Gasteiger partial charge in [0.1, 0.15) is 11.6 Å². The van der Waals surface area contributed by atoms with Crippen LogP contribution in [0, 0.1) is 11.3 Å². The largest absolute Gasteiger partial charge is 0.360 e. The highest BCUT2D eigenvalue weighted by Crippen LogP contribution is 2.21. The number of Topliss-reactive ketones (excluding diaryl/α,β-unsaturated/α-hetero) is 1. The Hall–Kier alpha value is -3.19. The van der Waals surface area contributed by atoms with E-state index < -0.39 is 0 Å². The number of aromatic amines is 1. The summed E-state index contributed by atoms with van der Waals surface area (Å²) in [5, 5.41) is 10.1. The second-order valence-corrected chi connectivity index (χ2v) is 4.53. The Labute approximate surface area is 121 Å². The first kappa shape index (κ1) is 12.8. The average molecular weight is 273 g/mol. The number of nitriles is 1. The van der Waals surface area contributed by atoms with Crippen LogP contribution in [0.2, 0.25) is 0 Å². The second-order valence-electron chi connectivity index (χ2n) is 4.53. The van der Waals surface area contributed by atoms with Gasteiger partial charge in [0.2, 0.25) is 5.78 Å². The Morgan fingerprint density at radius 2 is 1.95 bits per heavy atom. The van der Waals surface area contributed by atoms with Crippen molar-refractivity contribution in [2.45, 2.75) is 0 Å². The van der Waals surface area contributed by atoms with Crippen LogP contribution in [0.3, 0.4) is 0 Å². The maximum Gasteiger partial charge on any atom is 0.205 e. The van der Waals surface area contributed by atoms with Crippen molar-refractivity contribution in [3.8, 4) is 6.07 Å². The molecule has 1 N–H and O–H groups in total. The Morgan fingerprint density at radius 1 is 1.19 bits per heavy atom. The van der Waals surface area contributed by atoms with E-state index in [4.69, 9.17) is 0 Å². The number of H-pyrrole nitrogens is 1. The van der Waals surface area contributed by atoms with Crippen molar-refractivity contribution in [2.24, 2.45) is 0 Å². The first-order valence-electron chi connectivity index (χ1n) is 6.42. The van der Waals surface area contributed by atoms with Gasteiger partial charge in [-0.3, -0.25) is 9.78 Å². The van der Waals surface area contributed by atoms with E-state index in [1.54, 1.807) is 36.8 Å². The van der Waals surface area contributed by atoms with Crippen LogP contribution in [-0.2, 0) is 0 Å². The SMILES string of the molecule is N#C/C(=C\c1ccncc1)C(=O)c1c[nH]c2ccccc12. The smallest absolute Gasteiger partial charge is 0.205 e. The minimum absolute atomic E-state index is 0.103. The summed E-state index contributed by atoms with van der Waals surface area (Å²) in [4.78, 5) is 19.5. The first-order chi connectivity index (χ1) is 10.3. The number of para-hydroxylation sites is 1. The Kier molecular flexibility index (Phi) is 3.32. The fourth-order valence-corrected chi connectivity index (χ4v) is 2.18. The zero-order valence-electron chi connectivity index (χ0n) is 11.1. The normalized spacial score (nSPS) is 11.3. The molecule has 4 heteroatoms. The molecule has 1 aromatic carbocycles. The molecule has 21 heavy (non-hydrogen) atoms. The third-order valence-corrected chi connectivity index (χ3v) is 3.22. The number of ketones is 1. The van der Waals surface area contributed by atoms with Gasteiger partial charge in [-0.2, -0.15) is 5.26 Å². The van der Waals surface area contributed by atoms with Gasteiger partial charge in [0.05, 0.1) is 0 Å². The van der Waals surface area contributed by atoms with E-state index in [9.17, 15) is 10.1 Å². The number of rotatable bonds is 3. The van der Waals surface area contributed by atoms with Gasteiger partial charge in [-0.25, -0.2) is 0 Å². The maximum absolute atomic E-state index is 12.5. The summed E-state index contributed by atoms with van der Waals surface area (Å²) in [5.74, 6) is -0.285. The molecule has 0 saturated carbocycles. The van der Waals surface area contributed by atoms with Crippen molar-refractivity contribution in [3.63, 3.8) is 0 Å². The molecule has 0 spiro atoms. The summed E-state index contributed by atoms with van der Waals surface area (Å²) in [5.41, 5.74) is 2.26. The van der Waals surface area contributed by atoms with Gasteiger partial charge >= 0.3 is 0 Å². The number of carbonyl (C=O) groups excluding carboxylic acids is 1. The fourth-order valence-electron chi connectivity index (χ4n) is 2.18. The molecule has 0 unspecified atom stereocenters. The van der Waals surface area contributed by atoms with Crippen LogP contribution in [-0.4, -0.2) is 15.8 Å². The molecule has 0 aliphatic carbocycles. The molecular weight excluding hydrogens is 262 g/mol. The Balaban J connectivity index is 2.04. The molecule has 3 aromatic rings. The third-order valence-electron chi connectivity index (χ3n) is 3.22. The minimum Gasteiger partial charge on any atom is -0.360 e. The number of benzene rings is 1. The molecule has 4 nitrogen and oxygen atoms in total. The van der Waals surface area contributed by atoms with E-state index in [1.165, 1.54) is 0 Å². The number of nitrogens with zero attached hydrogens (tertiary/aromatic N) is 2. The van der Waals surface area contributed by atoms with E-state index in [-0.39, 0.29) is 11.4 Å². The molecule has 0 aliphatic heterocycles. The summed E-state index contributed by atoms with van der Waals surface area (Å²) in [6.07, 6.45) is 6.46. The van der Waals surface area contributed by atoms with Gasteiger partial charge in [-0.05, 0) is 29.8 Å². The van der Waals surface area contributed by atoms with E-state index in [2.05, 4.69) is 9.97 Å². The lowest BCUT2D eigenvalue weighted by Crippen LogP contribution is -2.01. The van der Waals surface area contributed by atoms with Crippen molar-refractivity contribution in [1.82, 2.24) is 9.97 Å². The highest BCUT2D eigenvalue weighted by Gasteiger charge is 2.16. The molecule has 0 radical (unpaired) electrons. The number of carbonyl (C=O) groups is 1. The molecule has 0 saturated heterocycles. The molecule has 3 rings (SSSR count). The molecule has 0 atom stereocenters. The molecule has 0 aliphatic rings. The van der Waals surface area contributed by atoms with Gasteiger partial charge in [-0.15, -0.1) is 0 Å². The van der Waals surface area contributed by atoms with Crippen molar-refractivity contribution < 1.29 is 4.79 Å². The number of aromatic nitrogens is 2. The van der Waals surface area contributed by atoms with E-state index in [0.717, 1.165) is 16.5 Å². The lowest BCUT2D eigenvalue weighted by atomic mass is 10.0. The number of nitrogens with one attached hydrogen (secondary N) is 1. The van der Waals surface area contributed by atoms with Crippen LogP contribution in [0.4, 0.5) is 0 Å². The summed E-state index contributed by atoms with van der Waals surface area (Å²) < 4.78 is 0. The molecule has 2 aromatic heterocycles. The molecular formula is C17H11N3O. The molecule has 100 valence electrons. The number of hydrogen-bond acceptors (Lipinski definition) is 3. The topological polar surface area (TPSA) is 69.5 Å². The number of hydrogen-bond donors (Lipinski definition) is 1. The van der Waals surface area contributed by atoms with Crippen LogP contribution in [0.5, 0.6) is 0 Å². The van der Waals surface area contributed by atoms with Crippen LogP contribution < -0.4 is 0 Å². The second kappa shape index (κ2) is 5.43. The lowest BCUT2D eigenvalue weighted by molar-refractivity contribution is 0.104. The monoisotopic (exact) mass is 273 g/mol. The summed E-state index contributed by atoms with van der Waals surface area (Å²) in [6.45, 7) is 0. The predicted molar refractivity (Wildman–Crippen MR) is 80.5 cm³/mol. The zero-order chi connectivity index (χ0) is 14.7. The van der Waals surface area contributed by atoms with Crippen LogP contribution in [0.25, 0.3) is 17.0 Å². The molecule has 0 amide bonds. The Morgan fingerprint density at radius 3 is 2.71 bits per heavy atom. The lowest BCUT2D eigenvalue weighted by Gasteiger charge is -1.98. The highest BCUT2D eigenvalue weighted by atomic mass is 16.1. The standard InChI is InChI=1S/C17H11N3O/c18-10-13(9-12-5-7-19-8-6-12)17(21)15-11-20-16-4-2-1-3-14(15)16/h1-9,11,20H/b13-9+. The highest BCUT2D eigenvalue weighted by molar-refractivity contribution is 6.19. The van der Waals surface area contributed by atoms with Gasteiger partial charge in [-0.1, -0.05) is 18.2 Å². The van der Waals surface area contributed by atoms with Gasteiger partial charge in [0, 0.05) is 35.1 Å². The van der Waals surface area contributed by atoms with Gasteiger partial charge in [0.25, 0.3) is 0 Å².